The van der Waals surface area contributed by atoms with Crippen LogP contribution in [0.4, 0.5) is 5.69 Å². The van der Waals surface area contributed by atoms with Crippen molar-refractivity contribution in [3.63, 3.8) is 0 Å². The molecule has 3 aromatic rings. The molecule has 1 aromatic heterocycles. The van der Waals surface area contributed by atoms with E-state index in [1.165, 1.54) is 0 Å². The van der Waals surface area contributed by atoms with E-state index in [4.69, 9.17) is 4.74 Å². The van der Waals surface area contributed by atoms with Crippen molar-refractivity contribution >= 4 is 17.5 Å². The lowest BCUT2D eigenvalue weighted by atomic mass is 10.1. The zero-order chi connectivity index (χ0) is 20.9. The molecule has 7 heteroatoms. The SMILES string of the molecule is COc1ccccc1N1CC(C(=O)NCc2ccccc2Cn2ccnc2)CC1=O. The molecule has 1 N–H and O–H groups in total. The van der Waals surface area contributed by atoms with Crippen molar-refractivity contribution in [3.8, 4) is 5.75 Å². The summed E-state index contributed by atoms with van der Waals surface area (Å²) in [5.74, 6) is 0.0573. The minimum Gasteiger partial charge on any atom is -0.495 e. The van der Waals surface area contributed by atoms with Crippen molar-refractivity contribution in [1.29, 1.82) is 0 Å². The van der Waals surface area contributed by atoms with Gasteiger partial charge in [-0.15, -0.1) is 0 Å². The van der Waals surface area contributed by atoms with Crippen LogP contribution in [0.3, 0.4) is 0 Å². The number of nitrogens with one attached hydrogen (secondary N) is 1. The van der Waals surface area contributed by atoms with E-state index in [2.05, 4.69) is 10.3 Å². The summed E-state index contributed by atoms with van der Waals surface area (Å²) in [4.78, 5) is 31.0. The van der Waals surface area contributed by atoms with E-state index in [9.17, 15) is 9.59 Å². The normalized spacial score (nSPS) is 16.0. The van der Waals surface area contributed by atoms with Crippen LogP contribution in [0.5, 0.6) is 5.75 Å². The first kappa shape index (κ1) is 19.7. The summed E-state index contributed by atoms with van der Waals surface area (Å²) in [5, 5.41) is 3.01. The first-order valence-electron chi connectivity index (χ1n) is 9.89. The van der Waals surface area contributed by atoms with Crippen molar-refractivity contribution in [2.75, 3.05) is 18.6 Å². The first-order chi connectivity index (χ1) is 14.7. The van der Waals surface area contributed by atoms with Gasteiger partial charge in [-0.05, 0) is 23.3 Å². The second-order valence-electron chi connectivity index (χ2n) is 7.30. The monoisotopic (exact) mass is 404 g/mol. The van der Waals surface area contributed by atoms with Crippen molar-refractivity contribution in [2.24, 2.45) is 5.92 Å². The topological polar surface area (TPSA) is 76.5 Å². The minimum absolute atomic E-state index is 0.0693. The predicted octanol–water partition coefficient (Wildman–Crippen LogP) is 2.61. The molecule has 0 aliphatic carbocycles. The van der Waals surface area contributed by atoms with Gasteiger partial charge in [-0.2, -0.15) is 0 Å². The van der Waals surface area contributed by atoms with Gasteiger partial charge in [0, 0.05) is 38.4 Å². The first-order valence-corrected chi connectivity index (χ1v) is 9.89. The van der Waals surface area contributed by atoms with Gasteiger partial charge in [-0.3, -0.25) is 9.59 Å². The molecule has 1 atom stereocenters. The average Bonchev–Trinajstić information content (AvgIpc) is 3.42. The standard InChI is InChI=1S/C23H24N4O3/c1-30-21-9-5-4-8-20(21)27-15-19(12-22(27)28)23(29)25-13-17-6-2-3-7-18(17)14-26-11-10-24-16-26/h2-11,16,19H,12-15H2,1H3,(H,25,29). The molecule has 1 aliphatic rings. The number of methoxy groups -OCH3 is 1. The molecule has 2 aromatic carbocycles. The lowest BCUT2D eigenvalue weighted by Gasteiger charge is -2.19. The number of hydrogen-bond donors (Lipinski definition) is 1. The smallest absolute Gasteiger partial charge is 0.227 e. The van der Waals surface area contributed by atoms with Gasteiger partial charge in [0.15, 0.2) is 0 Å². The Labute approximate surface area is 175 Å². The fourth-order valence-electron chi connectivity index (χ4n) is 3.76. The number of benzene rings is 2. The zero-order valence-electron chi connectivity index (χ0n) is 16.8. The molecular weight excluding hydrogens is 380 g/mol. The molecule has 1 saturated heterocycles. The maximum absolute atomic E-state index is 12.8. The van der Waals surface area contributed by atoms with Crippen molar-refractivity contribution in [3.05, 3.63) is 78.4 Å². The van der Waals surface area contributed by atoms with Gasteiger partial charge in [0.25, 0.3) is 0 Å². The second kappa shape index (κ2) is 8.82. The number of imidazole rings is 1. The van der Waals surface area contributed by atoms with Gasteiger partial charge < -0.3 is 19.5 Å². The number of anilines is 1. The van der Waals surface area contributed by atoms with E-state index in [1.54, 1.807) is 24.5 Å². The average molecular weight is 404 g/mol. The predicted molar refractivity (Wildman–Crippen MR) is 113 cm³/mol. The Balaban J connectivity index is 1.40. The molecule has 154 valence electrons. The molecular formula is C23H24N4O3. The van der Waals surface area contributed by atoms with Gasteiger partial charge in [-0.25, -0.2) is 4.98 Å². The van der Waals surface area contributed by atoms with E-state index in [0.717, 1.165) is 11.1 Å². The number of aromatic nitrogens is 2. The van der Waals surface area contributed by atoms with Crippen molar-refractivity contribution in [2.45, 2.75) is 19.5 Å². The van der Waals surface area contributed by atoms with E-state index in [1.807, 2.05) is 59.3 Å². The number of hydrogen-bond acceptors (Lipinski definition) is 4. The summed E-state index contributed by atoms with van der Waals surface area (Å²) >= 11 is 0. The Kier molecular flexibility index (Phi) is 5.79. The number of carbonyl (C=O) groups is 2. The number of nitrogens with zero attached hydrogens (tertiary/aromatic N) is 3. The third kappa shape index (κ3) is 4.20. The number of rotatable bonds is 7. The Morgan fingerprint density at radius 2 is 1.93 bits per heavy atom. The lowest BCUT2D eigenvalue weighted by molar-refractivity contribution is -0.126. The van der Waals surface area contributed by atoms with Crippen LogP contribution < -0.4 is 15.0 Å². The summed E-state index contributed by atoms with van der Waals surface area (Å²) in [5.41, 5.74) is 2.87. The quantitative estimate of drug-likeness (QED) is 0.657. The van der Waals surface area contributed by atoms with E-state index in [-0.39, 0.29) is 24.2 Å². The second-order valence-corrected chi connectivity index (χ2v) is 7.30. The van der Waals surface area contributed by atoms with Crippen molar-refractivity contribution in [1.82, 2.24) is 14.9 Å². The van der Waals surface area contributed by atoms with Crippen LogP contribution in [-0.2, 0) is 22.7 Å². The molecule has 1 aliphatic heterocycles. The molecule has 1 unspecified atom stereocenters. The van der Waals surface area contributed by atoms with Crippen molar-refractivity contribution < 1.29 is 14.3 Å². The third-order valence-electron chi connectivity index (χ3n) is 5.36. The fraction of sp³-hybridized carbons (Fsp3) is 0.261. The van der Waals surface area contributed by atoms with E-state index >= 15 is 0 Å². The van der Waals surface area contributed by atoms with Crippen LogP contribution in [0.1, 0.15) is 17.5 Å². The van der Waals surface area contributed by atoms with Gasteiger partial charge in [0.2, 0.25) is 11.8 Å². The van der Waals surface area contributed by atoms with E-state index < -0.39 is 0 Å². The van der Waals surface area contributed by atoms with Crippen LogP contribution >= 0.6 is 0 Å². The summed E-state index contributed by atoms with van der Waals surface area (Å²) in [6.07, 6.45) is 5.62. The number of carbonyl (C=O) groups excluding carboxylic acids is 2. The molecule has 0 spiro atoms. The molecule has 0 radical (unpaired) electrons. The third-order valence-corrected chi connectivity index (χ3v) is 5.36. The Hall–Kier alpha value is -3.61. The molecule has 7 nitrogen and oxygen atoms in total. The minimum atomic E-state index is -0.386. The lowest BCUT2D eigenvalue weighted by Crippen LogP contribution is -2.33. The highest BCUT2D eigenvalue weighted by Crippen LogP contribution is 2.32. The molecule has 4 rings (SSSR count). The summed E-state index contributed by atoms with van der Waals surface area (Å²) in [7, 11) is 1.57. The molecule has 0 bridgehead atoms. The molecule has 2 amide bonds. The van der Waals surface area contributed by atoms with Crippen LogP contribution in [0.25, 0.3) is 0 Å². The molecule has 2 heterocycles. The highest BCUT2D eigenvalue weighted by Gasteiger charge is 2.36. The summed E-state index contributed by atoms with van der Waals surface area (Å²) in [6.45, 7) is 1.46. The number of para-hydroxylation sites is 2. The van der Waals surface area contributed by atoms with Crippen LogP contribution in [0.15, 0.2) is 67.3 Å². The van der Waals surface area contributed by atoms with Gasteiger partial charge in [-0.1, -0.05) is 36.4 Å². The maximum atomic E-state index is 12.8. The molecule has 1 fully saturated rings. The van der Waals surface area contributed by atoms with E-state index in [0.29, 0.717) is 31.1 Å². The highest BCUT2D eigenvalue weighted by atomic mass is 16.5. The summed E-state index contributed by atoms with van der Waals surface area (Å²) in [6, 6.07) is 15.4. The highest BCUT2D eigenvalue weighted by molar-refractivity contribution is 6.01. The van der Waals surface area contributed by atoms with Gasteiger partial charge in [0.05, 0.1) is 25.0 Å². The maximum Gasteiger partial charge on any atom is 0.227 e. The Bertz CT molecular complexity index is 1030. The Morgan fingerprint density at radius 1 is 1.17 bits per heavy atom. The van der Waals surface area contributed by atoms with Gasteiger partial charge in [0.1, 0.15) is 5.75 Å². The molecule has 0 saturated carbocycles. The largest absolute Gasteiger partial charge is 0.495 e. The Morgan fingerprint density at radius 3 is 2.70 bits per heavy atom. The number of amides is 2. The fourth-order valence-corrected chi connectivity index (χ4v) is 3.76. The number of ether oxygens (including phenoxy) is 1. The molecule has 30 heavy (non-hydrogen) atoms. The van der Waals surface area contributed by atoms with Gasteiger partial charge >= 0.3 is 0 Å². The van der Waals surface area contributed by atoms with Crippen LogP contribution in [-0.4, -0.2) is 35.0 Å². The van der Waals surface area contributed by atoms with Crippen LogP contribution in [0, 0.1) is 5.92 Å². The van der Waals surface area contributed by atoms with Crippen LogP contribution in [0.2, 0.25) is 0 Å². The summed E-state index contributed by atoms with van der Waals surface area (Å²) < 4.78 is 7.35. The zero-order valence-corrected chi connectivity index (χ0v) is 16.8.